The number of aryl methyl sites for hydroxylation is 3. The second-order valence-corrected chi connectivity index (χ2v) is 29.5. The minimum absolute atomic E-state index is 0. The molecule has 0 amide bonds. The fraction of sp³-hybridized carbons (Fsp3) is 0.557. The Kier molecular flexibility index (Phi) is 27.2. The van der Waals surface area contributed by atoms with Crippen molar-refractivity contribution in [3.05, 3.63) is 141 Å². The molecular formula is C79H105Cl2N11O6. The van der Waals surface area contributed by atoms with Gasteiger partial charge in [-0.1, -0.05) is 39.7 Å². The molecule has 14 rings (SSSR count). The average Bonchev–Trinajstić information content (AvgIpc) is 1.63. The fourth-order valence-corrected chi connectivity index (χ4v) is 14.1. The molecule has 0 unspecified atom stereocenters. The molecule has 0 radical (unpaired) electrons. The number of ether oxygens (including phenoxy) is 3. The van der Waals surface area contributed by atoms with Gasteiger partial charge in [-0.05, 0) is 304 Å². The van der Waals surface area contributed by atoms with Gasteiger partial charge in [-0.25, -0.2) is 0 Å². The van der Waals surface area contributed by atoms with Gasteiger partial charge in [0.2, 0.25) is 0 Å². The first-order valence-electron chi connectivity index (χ1n) is 36.0. The van der Waals surface area contributed by atoms with Crippen LogP contribution in [0.15, 0.2) is 98.5 Å². The molecule has 0 bridgehead atoms. The molecule has 6 fully saturated rings. The standard InChI is InChI=1S/2C29H36N4O2.C21H31N3O2.2ClH/c2*1-32(2)19-26-28(34-20-22-6-7-22)11-9-25-27(31-35-29(25)26)10-8-21-12-14-33(15-13-21)18-24-5-3-4-23(16-24)17-30;1-24(2)13-18-20(25-14-16-3-4-16)8-6-17-19(23-26-21(17)18)7-5-15-9-11-22-12-10-15;;/h2*3-5,9,11,16,21-22H,6-8,10,12-15,18-20H2,1-2H3;6,8,15-16,22H,3-5,7,9-14H2,1-2H3;2*1H. The molecule has 8 aromatic rings. The number of hydrogen-bond acceptors (Lipinski definition) is 17. The van der Waals surface area contributed by atoms with Crippen LogP contribution in [0.5, 0.6) is 17.2 Å². The molecule has 19 heteroatoms. The van der Waals surface area contributed by atoms with Gasteiger partial charge < -0.3 is 47.8 Å². The molecule has 0 spiro atoms. The Balaban J connectivity index is 0.000000160. The van der Waals surface area contributed by atoms with Crippen LogP contribution in [0, 0.1) is 58.2 Å². The van der Waals surface area contributed by atoms with E-state index < -0.39 is 0 Å². The Bertz CT molecular complexity index is 3710. The zero-order chi connectivity index (χ0) is 66.3. The van der Waals surface area contributed by atoms with Crippen LogP contribution in [0.2, 0.25) is 0 Å². The number of aromatic nitrogens is 3. The van der Waals surface area contributed by atoms with Crippen molar-refractivity contribution in [2.75, 3.05) is 101 Å². The van der Waals surface area contributed by atoms with E-state index in [0.29, 0.717) is 11.8 Å². The van der Waals surface area contributed by atoms with E-state index in [1.807, 2.05) is 36.4 Å². The Morgan fingerprint density at radius 1 is 0.439 bits per heavy atom. The van der Waals surface area contributed by atoms with Crippen molar-refractivity contribution in [1.82, 2.24) is 45.3 Å². The summed E-state index contributed by atoms with van der Waals surface area (Å²) in [4.78, 5) is 11.5. The molecule has 0 atom stereocenters. The maximum absolute atomic E-state index is 9.14. The molecule has 3 aliphatic carbocycles. The third-order valence-electron chi connectivity index (χ3n) is 20.4. The minimum Gasteiger partial charge on any atom is -0.493 e. The van der Waals surface area contributed by atoms with Gasteiger partial charge in [-0.15, -0.1) is 24.8 Å². The maximum atomic E-state index is 9.14. The summed E-state index contributed by atoms with van der Waals surface area (Å²) in [7, 11) is 12.5. The van der Waals surface area contributed by atoms with Crippen LogP contribution in [-0.4, -0.2) is 141 Å². The lowest BCUT2D eigenvalue weighted by Crippen LogP contribution is -2.33. The van der Waals surface area contributed by atoms with E-state index in [2.05, 4.69) is 148 Å². The second-order valence-electron chi connectivity index (χ2n) is 29.5. The van der Waals surface area contributed by atoms with Crippen molar-refractivity contribution < 1.29 is 27.8 Å². The van der Waals surface area contributed by atoms with Crippen LogP contribution in [0.3, 0.4) is 0 Å². The van der Waals surface area contributed by atoms with E-state index in [9.17, 15) is 0 Å². The SMILES string of the molecule is CN(C)Cc1c(OCC2CC2)ccc2c(CCC3CCN(Cc4cccc(C#N)c4)CC3)noc12.CN(C)Cc1c(OCC2CC2)ccc2c(CCC3CCN(Cc4cccc(C#N)c4)CC3)noc12.CN(C)Cc1c(OCC2CC2)ccc2c(CCC3CCNCC3)noc12.Cl.Cl. The third kappa shape index (κ3) is 20.9. The largest absolute Gasteiger partial charge is 0.493 e. The lowest BCUT2D eigenvalue weighted by Gasteiger charge is -2.32. The Labute approximate surface area is 593 Å². The molecule has 6 heterocycles. The highest BCUT2D eigenvalue weighted by Gasteiger charge is 2.29. The van der Waals surface area contributed by atoms with Crippen LogP contribution in [0.25, 0.3) is 32.9 Å². The van der Waals surface area contributed by atoms with Crippen molar-refractivity contribution >= 4 is 57.7 Å². The number of rotatable bonds is 28. The Morgan fingerprint density at radius 2 is 0.765 bits per heavy atom. The molecule has 1 N–H and O–H groups in total. The van der Waals surface area contributed by atoms with Gasteiger partial charge in [-0.3, -0.25) is 9.80 Å². The van der Waals surface area contributed by atoms with Gasteiger partial charge in [0.05, 0.1) is 76.9 Å². The molecule has 3 aromatic heterocycles. The number of likely N-dealkylation sites (tertiary alicyclic amines) is 2. The summed E-state index contributed by atoms with van der Waals surface area (Å²) in [5, 5.41) is 38.6. The van der Waals surface area contributed by atoms with Crippen molar-refractivity contribution in [3.8, 4) is 29.4 Å². The number of benzene rings is 5. The smallest absolute Gasteiger partial charge is 0.175 e. The molecule has 3 aliphatic heterocycles. The first-order chi connectivity index (χ1) is 46.9. The quantitative estimate of drug-likeness (QED) is 0.0488. The molecule has 6 aliphatic rings. The number of nitriles is 2. The summed E-state index contributed by atoms with van der Waals surface area (Å²) < 4.78 is 36.1. The van der Waals surface area contributed by atoms with E-state index in [0.717, 1.165) is 243 Å². The van der Waals surface area contributed by atoms with Gasteiger partial charge in [-0.2, -0.15) is 10.5 Å². The third-order valence-corrected chi connectivity index (χ3v) is 20.4. The Morgan fingerprint density at radius 3 is 1.07 bits per heavy atom. The molecule has 3 saturated carbocycles. The van der Waals surface area contributed by atoms with E-state index >= 15 is 0 Å². The average molecular weight is 1380 g/mol. The van der Waals surface area contributed by atoms with Crippen LogP contribution in [-0.2, 0) is 52.0 Å². The van der Waals surface area contributed by atoms with Crippen LogP contribution in [0.1, 0.15) is 152 Å². The van der Waals surface area contributed by atoms with Gasteiger partial charge in [0.15, 0.2) is 16.7 Å². The first-order valence-corrected chi connectivity index (χ1v) is 36.0. The molecule has 98 heavy (non-hydrogen) atoms. The van der Waals surface area contributed by atoms with Crippen molar-refractivity contribution in [2.24, 2.45) is 35.5 Å². The van der Waals surface area contributed by atoms with Gasteiger partial charge in [0, 0.05) is 48.9 Å². The molecule has 5 aromatic carbocycles. The Hall–Kier alpha value is -6.77. The zero-order valence-corrected chi connectivity index (χ0v) is 60.5. The van der Waals surface area contributed by atoms with E-state index in [-0.39, 0.29) is 24.8 Å². The summed E-state index contributed by atoms with van der Waals surface area (Å²) in [6.45, 7) is 13.4. The van der Waals surface area contributed by atoms with Gasteiger partial charge in [0.25, 0.3) is 0 Å². The number of nitrogens with zero attached hydrogens (tertiary/aromatic N) is 10. The topological polar surface area (TPSA) is 182 Å². The molecule has 17 nitrogen and oxygen atoms in total. The maximum Gasteiger partial charge on any atom is 0.175 e. The number of piperidine rings is 3. The van der Waals surface area contributed by atoms with E-state index in [1.165, 1.54) is 94.6 Å². The molecule has 3 saturated heterocycles. The number of nitrogens with one attached hydrogen (secondary N) is 1. The lowest BCUT2D eigenvalue weighted by atomic mass is 9.91. The summed E-state index contributed by atoms with van der Waals surface area (Å²) in [6.07, 6.45) is 21.5. The molecule has 526 valence electrons. The summed E-state index contributed by atoms with van der Waals surface area (Å²) in [5.41, 5.74) is 13.2. The summed E-state index contributed by atoms with van der Waals surface area (Å²) >= 11 is 0. The van der Waals surface area contributed by atoms with Crippen molar-refractivity contribution in [3.63, 3.8) is 0 Å². The van der Waals surface area contributed by atoms with E-state index in [1.54, 1.807) is 0 Å². The normalized spacial score (nSPS) is 17.3. The zero-order valence-electron chi connectivity index (χ0n) is 58.9. The highest BCUT2D eigenvalue weighted by Crippen LogP contribution is 2.39. The van der Waals surface area contributed by atoms with Crippen LogP contribution in [0.4, 0.5) is 0 Å². The number of hydrogen-bond donors (Lipinski definition) is 1. The van der Waals surface area contributed by atoms with Gasteiger partial charge >= 0.3 is 0 Å². The monoisotopic (exact) mass is 1370 g/mol. The number of fused-ring (bicyclic) bond motifs is 3. The first kappa shape index (κ1) is 73.9. The van der Waals surface area contributed by atoms with Gasteiger partial charge in [0.1, 0.15) is 17.2 Å². The highest BCUT2D eigenvalue weighted by molar-refractivity contribution is 5.87. The second kappa shape index (κ2) is 36.0. The predicted octanol–water partition coefficient (Wildman–Crippen LogP) is 15.2. The van der Waals surface area contributed by atoms with Crippen LogP contribution < -0.4 is 19.5 Å². The van der Waals surface area contributed by atoms with Crippen LogP contribution >= 0.6 is 24.8 Å². The minimum atomic E-state index is 0. The predicted molar refractivity (Wildman–Crippen MR) is 392 cm³/mol. The van der Waals surface area contributed by atoms with Crippen molar-refractivity contribution in [1.29, 1.82) is 10.5 Å². The number of halogens is 2. The van der Waals surface area contributed by atoms with Crippen molar-refractivity contribution in [2.45, 2.75) is 148 Å². The van der Waals surface area contributed by atoms with E-state index in [4.69, 9.17) is 38.3 Å². The lowest BCUT2D eigenvalue weighted by molar-refractivity contribution is 0.172. The summed E-state index contributed by atoms with van der Waals surface area (Å²) in [6, 6.07) is 33.2. The molecular weight excluding hydrogens is 1270 g/mol. The highest BCUT2D eigenvalue weighted by atomic mass is 35.5. The summed E-state index contributed by atoms with van der Waals surface area (Å²) in [5.74, 6) is 7.26. The fourth-order valence-electron chi connectivity index (χ4n) is 14.1.